The Bertz CT molecular complexity index is 1510. The Kier molecular flexibility index (Phi) is 7.71. The van der Waals surface area contributed by atoms with E-state index in [0.717, 1.165) is 28.5 Å². The molecule has 0 aliphatic carbocycles. The maximum absolute atomic E-state index is 14.9. The first-order chi connectivity index (χ1) is 18.8. The second-order valence-electron chi connectivity index (χ2n) is 11.6. The topological polar surface area (TPSA) is 82.7 Å². The Morgan fingerprint density at radius 3 is 2.23 bits per heavy atom. The van der Waals surface area contributed by atoms with Crippen molar-refractivity contribution in [3.63, 3.8) is 0 Å². The van der Waals surface area contributed by atoms with E-state index in [1.807, 2.05) is 13.8 Å². The van der Waals surface area contributed by atoms with Crippen LogP contribution in [-0.4, -0.2) is 37.1 Å². The number of hydrogen-bond acceptors (Lipinski definition) is 3. The van der Waals surface area contributed by atoms with Gasteiger partial charge in [0, 0.05) is 34.1 Å². The molecule has 0 saturated carbocycles. The van der Waals surface area contributed by atoms with Crippen LogP contribution in [0.3, 0.4) is 0 Å². The lowest BCUT2D eigenvalue weighted by Gasteiger charge is -2.40. The number of aromatic nitrogens is 1. The molecule has 2 aromatic carbocycles. The Hall–Kier alpha value is -2.96. The molecule has 1 heterocycles. The molecule has 0 saturated heterocycles. The summed E-state index contributed by atoms with van der Waals surface area (Å²) in [5.74, 6) is -3.87. The molecule has 0 bridgehead atoms. The number of benzene rings is 2. The highest BCUT2D eigenvalue weighted by Gasteiger charge is 2.46. The van der Waals surface area contributed by atoms with E-state index in [2.05, 4.69) is 30.5 Å². The van der Waals surface area contributed by atoms with Gasteiger partial charge in [0.15, 0.2) is 0 Å². The molecular weight excluding hydrogens is 493 g/mol. The average molecular weight is 540 g/mol. The summed E-state index contributed by atoms with van der Waals surface area (Å²) in [7, 11) is 0. The van der Waals surface area contributed by atoms with Crippen LogP contribution in [0.1, 0.15) is 84.7 Å². The highest BCUT2D eigenvalue weighted by Crippen LogP contribution is 2.42. The van der Waals surface area contributed by atoms with Crippen LogP contribution < -0.4 is 0 Å². The monoisotopic (exact) mass is 539 g/mol. The fourth-order valence-electron chi connectivity index (χ4n) is 5.19. The number of rotatable bonds is 9. The van der Waals surface area contributed by atoms with Crippen LogP contribution in [0.2, 0.25) is 0 Å². The number of halogens is 1. The van der Waals surface area contributed by atoms with Crippen molar-refractivity contribution in [3.8, 4) is 11.1 Å². The smallest absolute Gasteiger partial charge is 0.309 e. The van der Waals surface area contributed by atoms with Crippen molar-refractivity contribution >= 4 is 22.9 Å². The van der Waals surface area contributed by atoms with Crippen LogP contribution in [0.15, 0.2) is 30.3 Å². The summed E-state index contributed by atoms with van der Waals surface area (Å²) >= 11 is 0. The van der Waals surface area contributed by atoms with Gasteiger partial charge >= 0.3 is 5.97 Å². The van der Waals surface area contributed by atoms with E-state index in [1.165, 1.54) is 20.8 Å². The quantitative estimate of drug-likeness (QED) is 0.263. The molecule has 0 fully saturated rings. The van der Waals surface area contributed by atoms with Gasteiger partial charge in [-0.15, -0.1) is 0 Å². The molecule has 5 atom stereocenters. The molecule has 212 valence electrons. The lowest BCUT2D eigenvalue weighted by atomic mass is 9.72. The van der Waals surface area contributed by atoms with E-state index in [4.69, 9.17) is 2.74 Å². The minimum Gasteiger partial charge on any atom is -0.481 e. The third-order valence-electron chi connectivity index (χ3n) is 9.08. The van der Waals surface area contributed by atoms with E-state index in [9.17, 15) is 24.5 Å². The summed E-state index contributed by atoms with van der Waals surface area (Å²) in [5.41, 5.74) is 2.40. The lowest BCUT2D eigenvalue weighted by Crippen LogP contribution is -2.52. The number of aliphatic carboxylic acids is 1. The van der Waals surface area contributed by atoms with Gasteiger partial charge in [-0.3, -0.25) is 4.79 Å². The van der Waals surface area contributed by atoms with Crippen LogP contribution in [0.25, 0.3) is 28.1 Å². The van der Waals surface area contributed by atoms with Gasteiger partial charge < -0.3 is 19.9 Å². The SMILES string of the molecule is [2H]c1c([2H])c(-c2c(/C=C/[C@@](C)(O)C(C)[C@@](C)(O)C(C)C(=O)O)n(C(C)CC)c3cc(C)c(C)cc23)c(C)c(C)c1F. The number of carboxylic acid groups (broad SMARTS) is 1. The van der Waals surface area contributed by atoms with Gasteiger partial charge in [0.05, 0.1) is 19.9 Å². The largest absolute Gasteiger partial charge is 0.481 e. The second kappa shape index (κ2) is 10.9. The normalized spacial score (nSPS) is 18.4. The third kappa shape index (κ3) is 5.42. The standard InChI is InChI=1S/C33H44FNO4/c1-11-20(4)35-28(14-15-32(9,38)24(8)33(10,39)23(7)31(36)37)30(25-12-13-27(34)22(6)21(25)5)26-16-18(2)19(3)17-29(26)35/h12-17,20,23-24,38-39H,11H2,1-10H3,(H,36,37)/b15-14+/t20?,23?,24?,32-,33+/m1/s1/i12D,13D. The zero-order valence-electron chi connectivity index (χ0n) is 26.8. The van der Waals surface area contributed by atoms with Gasteiger partial charge in [-0.05, 0) is 114 Å². The molecule has 0 amide bonds. The van der Waals surface area contributed by atoms with Crippen LogP contribution in [0.4, 0.5) is 4.39 Å². The first-order valence-corrected chi connectivity index (χ1v) is 13.6. The van der Waals surface area contributed by atoms with Gasteiger partial charge in [0.25, 0.3) is 0 Å². The van der Waals surface area contributed by atoms with Gasteiger partial charge in [-0.25, -0.2) is 4.39 Å². The van der Waals surface area contributed by atoms with E-state index < -0.39 is 40.9 Å². The van der Waals surface area contributed by atoms with Crippen LogP contribution in [0.5, 0.6) is 0 Å². The molecule has 3 rings (SSSR count). The maximum Gasteiger partial charge on any atom is 0.309 e. The fourth-order valence-corrected chi connectivity index (χ4v) is 5.19. The maximum atomic E-state index is 14.9. The molecule has 1 aromatic heterocycles. The summed E-state index contributed by atoms with van der Waals surface area (Å²) in [4.78, 5) is 11.7. The van der Waals surface area contributed by atoms with Gasteiger partial charge in [0.2, 0.25) is 0 Å². The summed E-state index contributed by atoms with van der Waals surface area (Å²) in [6.07, 6.45) is 4.10. The Labute approximate surface area is 234 Å². The van der Waals surface area contributed by atoms with Crippen molar-refractivity contribution in [3.05, 3.63) is 64.1 Å². The number of nitrogens with zero attached hydrogens (tertiary/aromatic N) is 1. The van der Waals surface area contributed by atoms with Crippen molar-refractivity contribution in [2.75, 3.05) is 0 Å². The molecular formula is C33H44FNO4. The Morgan fingerprint density at radius 1 is 1.08 bits per heavy atom. The van der Waals surface area contributed by atoms with Crippen LogP contribution in [-0.2, 0) is 4.79 Å². The first kappa shape index (κ1) is 27.6. The molecule has 0 aliphatic heterocycles. The molecule has 39 heavy (non-hydrogen) atoms. The number of carboxylic acids is 1. The zero-order valence-corrected chi connectivity index (χ0v) is 24.8. The molecule has 0 radical (unpaired) electrons. The predicted molar refractivity (Wildman–Crippen MR) is 158 cm³/mol. The van der Waals surface area contributed by atoms with Crippen molar-refractivity contribution in [1.29, 1.82) is 0 Å². The molecule has 0 aliphatic rings. The van der Waals surface area contributed by atoms with E-state index in [0.29, 0.717) is 27.9 Å². The van der Waals surface area contributed by atoms with Crippen molar-refractivity contribution in [2.45, 2.75) is 92.9 Å². The van der Waals surface area contributed by atoms with Gasteiger partial charge in [-0.1, -0.05) is 26.0 Å². The van der Waals surface area contributed by atoms with Crippen molar-refractivity contribution in [1.82, 2.24) is 4.57 Å². The molecule has 0 spiro atoms. The molecule has 6 heteroatoms. The Morgan fingerprint density at radius 2 is 1.67 bits per heavy atom. The van der Waals surface area contributed by atoms with Crippen LogP contribution >= 0.6 is 0 Å². The summed E-state index contributed by atoms with van der Waals surface area (Å²) in [6, 6.07) is 3.48. The number of fused-ring (bicyclic) bond motifs is 1. The highest BCUT2D eigenvalue weighted by molar-refractivity contribution is 6.02. The highest BCUT2D eigenvalue weighted by atomic mass is 19.1. The fraction of sp³-hybridized carbons (Fsp3) is 0.485. The predicted octanol–water partition coefficient (Wildman–Crippen LogP) is 7.52. The minimum absolute atomic E-state index is 0.0111. The number of aryl methyl sites for hydroxylation is 2. The van der Waals surface area contributed by atoms with Gasteiger partial charge in [0.1, 0.15) is 5.82 Å². The molecule has 3 unspecified atom stereocenters. The second-order valence-corrected chi connectivity index (χ2v) is 11.6. The molecule has 3 aromatic rings. The lowest BCUT2D eigenvalue weighted by molar-refractivity contribution is -0.160. The van der Waals surface area contributed by atoms with Crippen LogP contribution in [0, 0.1) is 45.3 Å². The summed E-state index contributed by atoms with van der Waals surface area (Å²) in [6.45, 7) is 17.5. The number of carbonyl (C=O) groups is 1. The average Bonchev–Trinajstić information content (AvgIpc) is 3.20. The number of aliphatic hydroxyl groups is 2. The molecule has 3 N–H and O–H groups in total. The first-order valence-electron chi connectivity index (χ1n) is 14.6. The van der Waals surface area contributed by atoms with E-state index >= 15 is 0 Å². The Balaban J connectivity index is 2.46. The number of hydrogen-bond donors (Lipinski definition) is 3. The zero-order chi connectivity index (χ0) is 31.4. The third-order valence-corrected chi connectivity index (χ3v) is 9.08. The van der Waals surface area contributed by atoms with Crippen molar-refractivity contribution < 1.29 is 27.2 Å². The van der Waals surface area contributed by atoms with Crippen molar-refractivity contribution in [2.24, 2.45) is 11.8 Å². The van der Waals surface area contributed by atoms with E-state index in [-0.39, 0.29) is 12.1 Å². The summed E-state index contributed by atoms with van der Waals surface area (Å²) in [5, 5.41) is 33.1. The summed E-state index contributed by atoms with van der Waals surface area (Å²) < 4.78 is 34.2. The van der Waals surface area contributed by atoms with E-state index in [1.54, 1.807) is 32.9 Å². The van der Waals surface area contributed by atoms with Gasteiger partial charge in [-0.2, -0.15) is 0 Å². The molecule has 5 nitrogen and oxygen atoms in total. The minimum atomic E-state index is -1.72.